The third-order valence-electron chi connectivity index (χ3n) is 4.66. The maximum absolute atomic E-state index is 12.9. The molecule has 14 heteroatoms. The highest BCUT2D eigenvalue weighted by Gasteiger charge is 2.38. The third kappa shape index (κ3) is 8.05. The van der Waals surface area contributed by atoms with Gasteiger partial charge in [0.15, 0.2) is 0 Å². The van der Waals surface area contributed by atoms with E-state index < -0.39 is 66.2 Å². The van der Waals surface area contributed by atoms with Gasteiger partial charge in [0.25, 0.3) is 0 Å². The average molecular weight is 461 g/mol. The molecule has 0 saturated carbocycles. The normalized spacial score (nSPS) is 18.5. The number of thiol groups is 1. The molecule has 1 aliphatic heterocycles. The fourth-order valence-corrected chi connectivity index (χ4v) is 3.31. The molecule has 4 amide bonds. The largest absolute Gasteiger partial charge is 0.481 e. The lowest BCUT2D eigenvalue weighted by molar-refractivity contribution is -0.145. The molecule has 1 fully saturated rings. The number of hydrogen-bond acceptors (Lipinski definition) is 8. The molecule has 0 spiro atoms. The SMILES string of the molecule is NC(=O)CCC(NC(=O)C1CCCN1C(=O)C(CS)NC(=O)C(N)CC(=O)O)C(=O)O. The summed E-state index contributed by atoms with van der Waals surface area (Å²) in [6, 6.07) is -4.86. The van der Waals surface area contributed by atoms with E-state index in [0.717, 1.165) is 0 Å². The first-order valence-corrected chi connectivity index (χ1v) is 10.1. The number of nitrogens with one attached hydrogen (secondary N) is 2. The minimum Gasteiger partial charge on any atom is -0.481 e. The van der Waals surface area contributed by atoms with Gasteiger partial charge in [0.05, 0.1) is 12.5 Å². The van der Waals surface area contributed by atoms with E-state index in [-0.39, 0.29) is 31.6 Å². The minimum atomic E-state index is -1.37. The second-order valence-corrected chi connectivity index (χ2v) is 7.41. The van der Waals surface area contributed by atoms with Gasteiger partial charge in [0, 0.05) is 18.7 Å². The molecule has 0 bridgehead atoms. The zero-order chi connectivity index (χ0) is 23.7. The van der Waals surface area contributed by atoms with E-state index in [4.69, 9.17) is 16.6 Å². The first-order valence-electron chi connectivity index (χ1n) is 9.48. The van der Waals surface area contributed by atoms with Crippen LogP contribution >= 0.6 is 12.6 Å². The van der Waals surface area contributed by atoms with E-state index in [2.05, 4.69) is 23.3 Å². The molecular formula is C17H27N5O8S. The van der Waals surface area contributed by atoms with Crippen molar-refractivity contribution in [1.82, 2.24) is 15.5 Å². The Kier molecular flexibility index (Phi) is 10.2. The number of rotatable bonds is 12. The second-order valence-electron chi connectivity index (χ2n) is 7.04. The van der Waals surface area contributed by atoms with Gasteiger partial charge in [-0.3, -0.25) is 24.0 Å². The summed E-state index contributed by atoms with van der Waals surface area (Å²) in [5.74, 6) is -5.68. The van der Waals surface area contributed by atoms with Crippen molar-refractivity contribution in [1.29, 1.82) is 0 Å². The topological polar surface area (TPSA) is 222 Å². The molecule has 174 valence electrons. The summed E-state index contributed by atoms with van der Waals surface area (Å²) in [7, 11) is 0. The molecule has 4 unspecified atom stereocenters. The predicted molar refractivity (Wildman–Crippen MR) is 109 cm³/mol. The molecule has 4 atom stereocenters. The smallest absolute Gasteiger partial charge is 0.326 e. The molecule has 1 rings (SSSR count). The molecule has 0 aromatic carbocycles. The van der Waals surface area contributed by atoms with Crippen molar-refractivity contribution in [2.75, 3.05) is 12.3 Å². The Morgan fingerprint density at radius 1 is 1.10 bits per heavy atom. The Labute approximate surface area is 183 Å². The predicted octanol–water partition coefficient (Wildman–Crippen LogP) is -2.97. The van der Waals surface area contributed by atoms with Gasteiger partial charge in [-0.05, 0) is 19.3 Å². The first-order chi connectivity index (χ1) is 14.5. The van der Waals surface area contributed by atoms with Gasteiger partial charge in [-0.1, -0.05) is 0 Å². The van der Waals surface area contributed by atoms with Crippen LogP contribution < -0.4 is 22.1 Å². The molecule has 0 aromatic rings. The zero-order valence-corrected chi connectivity index (χ0v) is 17.5. The number of carboxylic acids is 2. The fraction of sp³-hybridized carbons (Fsp3) is 0.647. The van der Waals surface area contributed by atoms with Gasteiger partial charge in [0.1, 0.15) is 18.1 Å². The molecule has 1 heterocycles. The van der Waals surface area contributed by atoms with Crippen LogP contribution in [-0.2, 0) is 28.8 Å². The molecule has 0 aromatic heterocycles. The van der Waals surface area contributed by atoms with Gasteiger partial charge in [0.2, 0.25) is 23.6 Å². The number of carbonyl (C=O) groups excluding carboxylic acids is 4. The monoisotopic (exact) mass is 461 g/mol. The Morgan fingerprint density at radius 2 is 1.74 bits per heavy atom. The van der Waals surface area contributed by atoms with Gasteiger partial charge in [-0.15, -0.1) is 0 Å². The molecule has 0 aliphatic carbocycles. The van der Waals surface area contributed by atoms with Crippen LogP contribution in [0.25, 0.3) is 0 Å². The van der Waals surface area contributed by atoms with Crippen LogP contribution in [0.4, 0.5) is 0 Å². The number of primary amides is 1. The second kappa shape index (κ2) is 12.1. The maximum Gasteiger partial charge on any atom is 0.326 e. The van der Waals surface area contributed by atoms with Crippen molar-refractivity contribution in [3.8, 4) is 0 Å². The van der Waals surface area contributed by atoms with Gasteiger partial charge < -0.3 is 37.2 Å². The zero-order valence-electron chi connectivity index (χ0n) is 16.7. The van der Waals surface area contributed by atoms with Gasteiger partial charge >= 0.3 is 11.9 Å². The number of amides is 4. The molecule has 13 nitrogen and oxygen atoms in total. The molecule has 0 radical (unpaired) electrons. The summed E-state index contributed by atoms with van der Waals surface area (Å²) in [6.07, 6.45) is -0.334. The average Bonchev–Trinajstić information content (AvgIpc) is 3.17. The van der Waals surface area contributed by atoms with Crippen LogP contribution in [0.1, 0.15) is 32.1 Å². The van der Waals surface area contributed by atoms with Gasteiger partial charge in [-0.25, -0.2) is 4.79 Å². The van der Waals surface area contributed by atoms with Crippen LogP contribution in [0.3, 0.4) is 0 Å². The van der Waals surface area contributed by atoms with Crippen molar-refractivity contribution in [2.24, 2.45) is 11.5 Å². The van der Waals surface area contributed by atoms with Crippen molar-refractivity contribution in [3.05, 3.63) is 0 Å². The lowest BCUT2D eigenvalue weighted by Crippen LogP contribution is -2.57. The van der Waals surface area contributed by atoms with Crippen LogP contribution in [0, 0.1) is 0 Å². The van der Waals surface area contributed by atoms with Crippen molar-refractivity contribution in [3.63, 3.8) is 0 Å². The van der Waals surface area contributed by atoms with E-state index in [1.807, 2.05) is 0 Å². The van der Waals surface area contributed by atoms with E-state index in [9.17, 15) is 33.9 Å². The highest BCUT2D eigenvalue weighted by atomic mass is 32.1. The van der Waals surface area contributed by atoms with E-state index in [1.54, 1.807) is 0 Å². The molecule has 8 N–H and O–H groups in total. The summed E-state index contributed by atoms with van der Waals surface area (Å²) in [6.45, 7) is 0.192. The Hall–Kier alpha value is -2.87. The highest BCUT2D eigenvalue weighted by molar-refractivity contribution is 7.80. The Bertz CT molecular complexity index is 733. The van der Waals surface area contributed by atoms with Crippen molar-refractivity contribution in [2.45, 2.75) is 56.3 Å². The third-order valence-corrected chi connectivity index (χ3v) is 5.03. The summed E-state index contributed by atoms with van der Waals surface area (Å²) < 4.78 is 0. The fourth-order valence-electron chi connectivity index (χ4n) is 3.06. The number of carbonyl (C=O) groups is 6. The summed E-state index contributed by atoms with van der Waals surface area (Å²) in [5.41, 5.74) is 10.5. The quantitative estimate of drug-likeness (QED) is 0.147. The minimum absolute atomic E-state index is 0.133. The van der Waals surface area contributed by atoms with Crippen LogP contribution in [-0.4, -0.2) is 87.1 Å². The lowest BCUT2D eigenvalue weighted by Gasteiger charge is -2.29. The van der Waals surface area contributed by atoms with Crippen molar-refractivity contribution >= 4 is 48.2 Å². The number of nitrogens with zero attached hydrogens (tertiary/aromatic N) is 1. The van der Waals surface area contributed by atoms with Gasteiger partial charge in [-0.2, -0.15) is 12.6 Å². The van der Waals surface area contributed by atoms with Crippen LogP contribution in [0.2, 0.25) is 0 Å². The van der Waals surface area contributed by atoms with E-state index >= 15 is 0 Å². The molecular weight excluding hydrogens is 434 g/mol. The van der Waals surface area contributed by atoms with Crippen LogP contribution in [0.15, 0.2) is 0 Å². The molecule has 1 aliphatic rings. The highest BCUT2D eigenvalue weighted by Crippen LogP contribution is 2.19. The van der Waals surface area contributed by atoms with E-state index in [0.29, 0.717) is 6.42 Å². The van der Waals surface area contributed by atoms with E-state index in [1.165, 1.54) is 4.90 Å². The standard InChI is InChI=1S/C17H27N5O8S/c18-8(6-13(24)25)14(26)21-10(7-31)16(28)22-5-1-2-11(22)15(27)20-9(17(29)30)3-4-12(19)23/h8-11,31H,1-7,18H2,(H2,19,23)(H,20,27)(H,21,26)(H,24,25)(H,29,30). The summed E-state index contributed by atoms with van der Waals surface area (Å²) >= 11 is 4.03. The Balaban J connectivity index is 2.82. The van der Waals surface area contributed by atoms with Crippen LogP contribution in [0.5, 0.6) is 0 Å². The summed E-state index contributed by atoms with van der Waals surface area (Å²) in [5, 5.41) is 22.6. The Morgan fingerprint density at radius 3 is 2.26 bits per heavy atom. The first kappa shape index (κ1) is 26.2. The maximum atomic E-state index is 12.9. The number of likely N-dealkylation sites (tertiary alicyclic amines) is 1. The number of nitrogens with two attached hydrogens (primary N) is 2. The van der Waals surface area contributed by atoms with Crippen molar-refractivity contribution < 1.29 is 39.0 Å². The molecule has 1 saturated heterocycles. The summed E-state index contributed by atoms with van der Waals surface area (Å²) in [4.78, 5) is 71.6. The number of hydrogen-bond donors (Lipinski definition) is 7. The number of carboxylic acid groups (broad SMARTS) is 2. The number of aliphatic carboxylic acids is 2. The molecule has 31 heavy (non-hydrogen) atoms. The lowest BCUT2D eigenvalue weighted by atomic mass is 10.1.